The standard InChI is InChI=1S/C21H27NO6/c1-20(2,3)28-19(25)22-9-7-21(8-10-22)13-16(23)15-11-14(12-18(24)26-4)5-6-17(15)27-21/h5-6,11H,7-10,12-13H2,1-4H3. The molecule has 0 aliphatic carbocycles. The normalized spacial score (nSPS) is 18.3. The topological polar surface area (TPSA) is 82.1 Å². The third-order valence-electron chi connectivity index (χ3n) is 5.06. The van der Waals surface area contributed by atoms with Gasteiger partial charge in [-0.3, -0.25) is 9.59 Å². The van der Waals surface area contributed by atoms with E-state index < -0.39 is 11.2 Å². The third-order valence-corrected chi connectivity index (χ3v) is 5.06. The summed E-state index contributed by atoms with van der Waals surface area (Å²) in [5, 5.41) is 0. The van der Waals surface area contributed by atoms with Gasteiger partial charge in [0.1, 0.15) is 17.0 Å². The van der Waals surface area contributed by atoms with Crippen molar-refractivity contribution in [2.45, 2.75) is 57.7 Å². The van der Waals surface area contributed by atoms with Crippen molar-refractivity contribution in [3.8, 4) is 5.75 Å². The summed E-state index contributed by atoms with van der Waals surface area (Å²) in [6, 6.07) is 5.22. The lowest BCUT2D eigenvalue weighted by atomic mass is 9.82. The molecule has 0 aromatic heterocycles. The SMILES string of the molecule is COC(=O)Cc1ccc2c(c1)C(=O)CC1(CCN(C(=O)OC(C)(C)C)CC1)O2. The molecule has 7 heteroatoms. The first-order valence-corrected chi connectivity index (χ1v) is 9.51. The van der Waals surface area contributed by atoms with Crippen LogP contribution in [0.25, 0.3) is 0 Å². The lowest BCUT2D eigenvalue weighted by Gasteiger charge is -2.44. The van der Waals surface area contributed by atoms with Gasteiger partial charge in [0.15, 0.2) is 5.78 Å². The Morgan fingerprint density at radius 3 is 2.50 bits per heavy atom. The van der Waals surface area contributed by atoms with Crippen LogP contribution in [0.15, 0.2) is 18.2 Å². The Labute approximate surface area is 164 Å². The summed E-state index contributed by atoms with van der Waals surface area (Å²) in [6.45, 7) is 6.48. The highest BCUT2D eigenvalue weighted by molar-refractivity contribution is 6.00. The molecule has 1 amide bonds. The molecule has 152 valence electrons. The molecular weight excluding hydrogens is 362 g/mol. The first-order valence-electron chi connectivity index (χ1n) is 9.51. The van der Waals surface area contributed by atoms with Gasteiger partial charge in [-0.1, -0.05) is 6.07 Å². The van der Waals surface area contributed by atoms with Gasteiger partial charge in [-0.25, -0.2) is 4.79 Å². The van der Waals surface area contributed by atoms with Crippen molar-refractivity contribution in [3.63, 3.8) is 0 Å². The molecule has 2 aliphatic rings. The molecule has 1 fully saturated rings. The van der Waals surface area contributed by atoms with E-state index in [0.717, 1.165) is 5.56 Å². The second-order valence-corrected chi connectivity index (χ2v) is 8.44. The van der Waals surface area contributed by atoms with Gasteiger partial charge in [0.2, 0.25) is 0 Å². The van der Waals surface area contributed by atoms with E-state index in [-0.39, 0.29) is 30.7 Å². The Bertz CT molecular complexity index is 787. The summed E-state index contributed by atoms with van der Waals surface area (Å²) in [7, 11) is 1.34. The van der Waals surface area contributed by atoms with Crippen molar-refractivity contribution in [1.82, 2.24) is 4.90 Å². The molecule has 7 nitrogen and oxygen atoms in total. The van der Waals surface area contributed by atoms with E-state index in [4.69, 9.17) is 9.47 Å². The van der Waals surface area contributed by atoms with Crippen LogP contribution in [0, 0.1) is 0 Å². The number of ketones is 1. The zero-order valence-electron chi connectivity index (χ0n) is 16.9. The highest BCUT2D eigenvalue weighted by Gasteiger charge is 2.44. The van der Waals surface area contributed by atoms with Crippen molar-refractivity contribution < 1.29 is 28.6 Å². The van der Waals surface area contributed by atoms with Crippen LogP contribution < -0.4 is 4.74 Å². The number of rotatable bonds is 2. The predicted molar refractivity (Wildman–Crippen MR) is 102 cm³/mol. The molecule has 2 aliphatic heterocycles. The maximum atomic E-state index is 12.8. The number of hydrogen-bond acceptors (Lipinski definition) is 6. The predicted octanol–water partition coefficient (Wildman–Crippen LogP) is 3.14. The van der Waals surface area contributed by atoms with Crippen LogP contribution in [-0.4, -0.2) is 54.1 Å². The van der Waals surface area contributed by atoms with Crippen molar-refractivity contribution in [2.75, 3.05) is 20.2 Å². The van der Waals surface area contributed by atoms with Crippen molar-refractivity contribution in [3.05, 3.63) is 29.3 Å². The molecule has 28 heavy (non-hydrogen) atoms. The number of benzene rings is 1. The Kier molecular flexibility index (Phi) is 5.37. The van der Waals surface area contributed by atoms with Crippen LogP contribution in [0.1, 0.15) is 56.0 Å². The molecule has 0 radical (unpaired) electrons. The first kappa shape index (κ1) is 20.2. The van der Waals surface area contributed by atoms with Gasteiger partial charge in [0.05, 0.1) is 25.5 Å². The number of esters is 1. The fraction of sp³-hybridized carbons (Fsp3) is 0.571. The van der Waals surface area contributed by atoms with Gasteiger partial charge in [0, 0.05) is 25.9 Å². The Morgan fingerprint density at radius 1 is 1.21 bits per heavy atom. The molecular formula is C21H27NO6. The number of likely N-dealkylation sites (tertiary alicyclic amines) is 1. The maximum Gasteiger partial charge on any atom is 0.410 e. The summed E-state index contributed by atoms with van der Waals surface area (Å²) in [6.07, 6.45) is 1.19. The molecule has 0 unspecified atom stereocenters. The Morgan fingerprint density at radius 2 is 1.89 bits per heavy atom. The number of hydrogen-bond donors (Lipinski definition) is 0. The van der Waals surface area contributed by atoms with Gasteiger partial charge in [-0.05, 0) is 38.5 Å². The summed E-state index contributed by atoms with van der Waals surface area (Å²) in [4.78, 5) is 38.2. The zero-order valence-corrected chi connectivity index (χ0v) is 16.9. The fourth-order valence-corrected chi connectivity index (χ4v) is 3.59. The second-order valence-electron chi connectivity index (χ2n) is 8.44. The maximum absolute atomic E-state index is 12.8. The highest BCUT2D eigenvalue weighted by atomic mass is 16.6. The molecule has 0 saturated carbocycles. The molecule has 0 N–H and O–H groups in total. The Hall–Kier alpha value is -2.57. The summed E-state index contributed by atoms with van der Waals surface area (Å²) in [5.74, 6) is 0.185. The lowest BCUT2D eigenvalue weighted by molar-refractivity contribution is -0.139. The summed E-state index contributed by atoms with van der Waals surface area (Å²) in [5.41, 5.74) is 0.0939. The van der Waals surface area contributed by atoms with Gasteiger partial charge in [-0.15, -0.1) is 0 Å². The van der Waals surface area contributed by atoms with E-state index in [9.17, 15) is 14.4 Å². The van der Waals surface area contributed by atoms with Crippen molar-refractivity contribution in [2.24, 2.45) is 0 Å². The number of Topliss-reactive ketones (excluding diaryl/α,β-unsaturated/α-hetero) is 1. The molecule has 2 heterocycles. The monoisotopic (exact) mass is 389 g/mol. The van der Waals surface area contributed by atoms with Crippen LogP contribution >= 0.6 is 0 Å². The van der Waals surface area contributed by atoms with Crippen molar-refractivity contribution >= 4 is 17.8 Å². The quantitative estimate of drug-likeness (QED) is 0.723. The Balaban J connectivity index is 1.68. The number of ether oxygens (including phenoxy) is 3. The van der Waals surface area contributed by atoms with Gasteiger partial charge >= 0.3 is 12.1 Å². The van der Waals surface area contributed by atoms with Crippen LogP contribution in [0.2, 0.25) is 0 Å². The van der Waals surface area contributed by atoms with E-state index in [0.29, 0.717) is 37.2 Å². The van der Waals surface area contributed by atoms with E-state index in [1.807, 2.05) is 20.8 Å². The van der Waals surface area contributed by atoms with Gasteiger partial charge in [0.25, 0.3) is 0 Å². The molecule has 1 saturated heterocycles. The number of piperidine rings is 1. The van der Waals surface area contributed by atoms with E-state index >= 15 is 0 Å². The number of carbonyl (C=O) groups is 3. The third kappa shape index (κ3) is 4.46. The molecule has 1 spiro atoms. The zero-order chi connectivity index (χ0) is 20.5. The number of methoxy groups -OCH3 is 1. The van der Waals surface area contributed by atoms with E-state index in [1.54, 1.807) is 23.1 Å². The van der Waals surface area contributed by atoms with Crippen LogP contribution in [0.4, 0.5) is 4.79 Å². The second kappa shape index (κ2) is 7.45. The van der Waals surface area contributed by atoms with Gasteiger partial charge in [-0.2, -0.15) is 0 Å². The number of nitrogens with zero attached hydrogens (tertiary/aromatic N) is 1. The fourth-order valence-electron chi connectivity index (χ4n) is 3.59. The smallest absolute Gasteiger partial charge is 0.410 e. The average molecular weight is 389 g/mol. The molecule has 0 atom stereocenters. The minimum Gasteiger partial charge on any atom is -0.486 e. The molecule has 1 aromatic rings. The first-order chi connectivity index (χ1) is 13.1. The largest absolute Gasteiger partial charge is 0.486 e. The highest BCUT2D eigenvalue weighted by Crippen LogP contribution is 2.40. The molecule has 0 bridgehead atoms. The number of amides is 1. The minimum atomic E-state index is -0.591. The average Bonchev–Trinajstić information content (AvgIpc) is 2.61. The van der Waals surface area contributed by atoms with E-state index in [1.165, 1.54) is 7.11 Å². The van der Waals surface area contributed by atoms with Crippen LogP contribution in [0.3, 0.4) is 0 Å². The van der Waals surface area contributed by atoms with E-state index in [2.05, 4.69) is 4.74 Å². The summed E-state index contributed by atoms with van der Waals surface area (Å²) < 4.78 is 16.3. The van der Waals surface area contributed by atoms with Crippen LogP contribution in [0.5, 0.6) is 5.75 Å². The number of fused-ring (bicyclic) bond motifs is 1. The summed E-state index contributed by atoms with van der Waals surface area (Å²) >= 11 is 0. The molecule has 3 rings (SSSR count). The lowest BCUT2D eigenvalue weighted by Crippen LogP contribution is -2.53. The number of carbonyl (C=O) groups excluding carboxylic acids is 3. The van der Waals surface area contributed by atoms with Gasteiger partial charge < -0.3 is 19.1 Å². The molecule has 1 aromatic carbocycles. The minimum absolute atomic E-state index is 0.00122. The van der Waals surface area contributed by atoms with Crippen molar-refractivity contribution in [1.29, 1.82) is 0 Å². The van der Waals surface area contributed by atoms with Crippen LogP contribution in [-0.2, 0) is 20.7 Å².